The highest BCUT2D eigenvalue weighted by atomic mass is 35.5. The van der Waals surface area contributed by atoms with Gasteiger partial charge in [-0.15, -0.1) is 0 Å². The molecule has 1 aromatic heterocycles. The molecule has 0 saturated heterocycles. The van der Waals surface area contributed by atoms with Gasteiger partial charge >= 0.3 is 0 Å². The zero-order valence-corrected chi connectivity index (χ0v) is 13.6. The molecule has 0 aliphatic heterocycles. The Morgan fingerprint density at radius 3 is 2.64 bits per heavy atom. The van der Waals surface area contributed by atoms with Crippen LogP contribution in [0.1, 0.15) is 31.3 Å². The van der Waals surface area contributed by atoms with Gasteiger partial charge in [0.2, 0.25) is 0 Å². The van der Waals surface area contributed by atoms with Gasteiger partial charge in [-0.3, -0.25) is 9.89 Å². The Morgan fingerprint density at radius 2 is 2.05 bits per heavy atom. The summed E-state index contributed by atoms with van der Waals surface area (Å²) in [4.78, 5) is 14.2. The maximum absolute atomic E-state index is 12.6. The molecule has 2 aromatic rings. The lowest BCUT2D eigenvalue weighted by atomic mass is 10.1. The van der Waals surface area contributed by atoms with E-state index in [1.54, 1.807) is 24.0 Å². The molecule has 1 aromatic carbocycles. The topological polar surface area (TPSA) is 69.2 Å². The van der Waals surface area contributed by atoms with Crippen LogP contribution < -0.4 is 0 Å². The first-order valence-corrected chi connectivity index (χ1v) is 7.57. The summed E-state index contributed by atoms with van der Waals surface area (Å²) in [6.45, 7) is 5.75. The van der Waals surface area contributed by atoms with Crippen molar-refractivity contribution in [1.82, 2.24) is 15.1 Å². The number of nitrogens with one attached hydrogen (secondary N) is 1. The molecule has 5 nitrogen and oxygen atoms in total. The molecule has 2 N–H and O–H groups in total. The van der Waals surface area contributed by atoms with Crippen LogP contribution in [0, 0.1) is 0 Å². The van der Waals surface area contributed by atoms with E-state index >= 15 is 0 Å². The highest BCUT2D eigenvalue weighted by Gasteiger charge is 2.22. The molecular formula is C16H20ClN3O2. The van der Waals surface area contributed by atoms with Crippen molar-refractivity contribution >= 4 is 17.5 Å². The van der Waals surface area contributed by atoms with Gasteiger partial charge in [-0.05, 0) is 32.9 Å². The zero-order valence-electron chi connectivity index (χ0n) is 12.9. The maximum atomic E-state index is 12.6. The molecule has 6 heteroatoms. The molecule has 1 amide bonds. The summed E-state index contributed by atoms with van der Waals surface area (Å²) < 4.78 is 0. The third-order valence-electron chi connectivity index (χ3n) is 3.30. The molecule has 22 heavy (non-hydrogen) atoms. The number of nitrogens with zero attached hydrogens (tertiary/aromatic N) is 2. The molecule has 0 radical (unpaired) electrons. The Bertz CT molecular complexity index is 652. The van der Waals surface area contributed by atoms with E-state index in [-0.39, 0.29) is 18.5 Å². The maximum Gasteiger partial charge on any atom is 0.272 e. The van der Waals surface area contributed by atoms with Gasteiger partial charge in [0.15, 0.2) is 0 Å². The van der Waals surface area contributed by atoms with Crippen LogP contribution in [0.15, 0.2) is 30.3 Å². The Kier molecular flexibility index (Phi) is 5.21. The summed E-state index contributed by atoms with van der Waals surface area (Å²) in [5.74, 6) is -0.193. The van der Waals surface area contributed by atoms with Crippen molar-refractivity contribution in [1.29, 1.82) is 0 Å². The minimum Gasteiger partial charge on any atom is -0.392 e. The number of aliphatic hydroxyl groups excluding tert-OH is 1. The third kappa shape index (κ3) is 3.67. The number of rotatable bonds is 5. The smallest absolute Gasteiger partial charge is 0.272 e. The fourth-order valence-corrected chi connectivity index (χ4v) is 2.44. The first-order valence-electron chi connectivity index (χ1n) is 7.19. The van der Waals surface area contributed by atoms with Crippen molar-refractivity contribution in [2.45, 2.75) is 32.9 Å². The Balaban J connectivity index is 2.27. The van der Waals surface area contributed by atoms with E-state index in [1.807, 2.05) is 32.0 Å². The second-order valence-electron chi connectivity index (χ2n) is 5.55. The van der Waals surface area contributed by atoms with E-state index in [0.717, 1.165) is 5.56 Å². The fourth-order valence-electron chi connectivity index (χ4n) is 2.21. The number of H-pyrrole nitrogens is 1. The summed E-state index contributed by atoms with van der Waals surface area (Å²) in [7, 11) is 0. The van der Waals surface area contributed by atoms with Gasteiger partial charge in [-0.1, -0.05) is 29.8 Å². The Morgan fingerprint density at radius 1 is 1.36 bits per heavy atom. The van der Waals surface area contributed by atoms with Crippen LogP contribution >= 0.6 is 11.6 Å². The van der Waals surface area contributed by atoms with Crippen molar-refractivity contribution in [3.63, 3.8) is 0 Å². The van der Waals surface area contributed by atoms with Gasteiger partial charge in [0.1, 0.15) is 5.69 Å². The lowest BCUT2D eigenvalue weighted by Gasteiger charge is -2.27. The number of aromatic nitrogens is 2. The van der Waals surface area contributed by atoms with Crippen LogP contribution in [0.5, 0.6) is 0 Å². The SMILES string of the molecule is CC(O)CN(C(=O)c1cc(-c2ccccc2Cl)n[nH]1)C(C)C. The molecule has 2 rings (SSSR count). The van der Waals surface area contributed by atoms with Crippen molar-refractivity contribution < 1.29 is 9.90 Å². The largest absolute Gasteiger partial charge is 0.392 e. The fraction of sp³-hybridized carbons (Fsp3) is 0.375. The number of carbonyl (C=O) groups is 1. The van der Waals surface area contributed by atoms with Crippen LogP contribution in [0.25, 0.3) is 11.3 Å². The lowest BCUT2D eigenvalue weighted by Crippen LogP contribution is -2.41. The molecule has 1 unspecified atom stereocenters. The normalized spacial score (nSPS) is 12.5. The lowest BCUT2D eigenvalue weighted by molar-refractivity contribution is 0.0573. The van der Waals surface area contributed by atoms with Crippen LogP contribution in [-0.2, 0) is 0 Å². The predicted molar refractivity (Wildman–Crippen MR) is 86.9 cm³/mol. The van der Waals surface area contributed by atoms with Crippen molar-refractivity contribution in [3.05, 3.63) is 41.0 Å². The quantitative estimate of drug-likeness (QED) is 0.889. The molecule has 118 valence electrons. The molecule has 1 atom stereocenters. The summed E-state index contributed by atoms with van der Waals surface area (Å²) in [5, 5.41) is 17.1. The van der Waals surface area contributed by atoms with E-state index in [0.29, 0.717) is 16.4 Å². The molecule has 0 fully saturated rings. The van der Waals surface area contributed by atoms with Crippen molar-refractivity contribution in [2.75, 3.05) is 6.54 Å². The van der Waals surface area contributed by atoms with E-state index < -0.39 is 6.10 Å². The number of amides is 1. The summed E-state index contributed by atoms with van der Waals surface area (Å²) in [5.41, 5.74) is 1.77. The number of benzene rings is 1. The number of hydrogen-bond acceptors (Lipinski definition) is 3. The van der Waals surface area contributed by atoms with Crippen molar-refractivity contribution in [3.8, 4) is 11.3 Å². The van der Waals surface area contributed by atoms with Crippen LogP contribution in [0.4, 0.5) is 0 Å². The first-order chi connectivity index (χ1) is 10.4. The summed E-state index contributed by atoms with van der Waals surface area (Å²) in [6.07, 6.45) is -0.586. The minimum absolute atomic E-state index is 0.0193. The monoisotopic (exact) mass is 321 g/mol. The van der Waals surface area contributed by atoms with Gasteiger partial charge < -0.3 is 10.0 Å². The number of aliphatic hydroxyl groups is 1. The average Bonchev–Trinajstić information content (AvgIpc) is 2.93. The van der Waals surface area contributed by atoms with E-state index in [2.05, 4.69) is 10.2 Å². The number of hydrogen-bond donors (Lipinski definition) is 2. The second-order valence-corrected chi connectivity index (χ2v) is 5.95. The highest BCUT2D eigenvalue weighted by molar-refractivity contribution is 6.33. The average molecular weight is 322 g/mol. The highest BCUT2D eigenvalue weighted by Crippen LogP contribution is 2.26. The minimum atomic E-state index is -0.586. The van der Waals surface area contributed by atoms with Gasteiger partial charge in [0.05, 0.1) is 16.8 Å². The van der Waals surface area contributed by atoms with E-state index in [9.17, 15) is 9.90 Å². The van der Waals surface area contributed by atoms with Crippen LogP contribution in [0.2, 0.25) is 5.02 Å². The molecule has 0 spiro atoms. The van der Waals surface area contributed by atoms with Crippen LogP contribution in [-0.4, -0.2) is 44.8 Å². The summed E-state index contributed by atoms with van der Waals surface area (Å²) >= 11 is 6.15. The zero-order chi connectivity index (χ0) is 16.3. The molecule has 1 heterocycles. The Labute approximate surface area is 134 Å². The number of aromatic amines is 1. The number of carbonyl (C=O) groups excluding carboxylic acids is 1. The summed E-state index contributed by atoms with van der Waals surface area (Å²) in [6, 6.07) is 9.00. The van der Waals surface area contributed by atoms with E-state index in [4.69, 9.17) is 11.6 Å². The molecule has 0 bridgehead atoms. The van der Waals surface area contributed by atoms with Gasteiger partial charge in [-0.2, -0.15) is 5.10 Å². The molecule has 0 saturated carbocycles. The first kappa shape index (κ1) is 16.5. The van der Waals surface area contributed by atoms with Gasteiger partial charge in [0, 0.05) is 18.2 Å². The molecule has 0 aliphatic carbocycles. The van der Waals surface area contributed by atoms with Gasteiger partial charge in [-0.25, -0.2) is 0 Å². The second kappa shape index (κ2) is 6.94. The van der Waals surface area contributed by atoms with E-state index in [1.165, 1.54) is 0 Å². The predicted octanol–water partition coefficient (Wildman–Crippen LogP) is 2.96. The van der Waals surface area contributed by atoms with Gasteiger partial charge in [0.25, 0.3) is 5.91 Å². The van der Waals surface area contributed by atoms with Crippen molar-refractivity contribution in [2.24, 2.45) is 0 Å². The third-order valence-corrected chi connectivity index (χ3v) is 3.63. The number of halogens is 1. The molecule has 0 aliphatic rings. The Hall–Kier alpha value is -1.85. The van der Waals surface area contributed by atoms with Crippen LogP contribution in [0.3, 0.4) is 0 Å². The standard InChI is InChI=1S/C16H20ClN3O2/c1-10(2)20(9-11(3)21)16(22)15-8-14(18-19-15)12-6-4-5-7-13(12)17/h4-8,10-11,21H,9H2,1-3H3,(H,18,19). The molecular weight excluding hydrogens is 302 g/mol.